The molecule has 0 radical (unpaired) electrons. The van der Waals surface area contributed by atoms with Crippen LogP contribution in [0.2, 0.25) is 0 Å². The predicted octanol–water partition coefficient (Wildman–Crippen LogP) is 0.757. The topological polar surface area (TPSA) is 32.3 Å². The number of hydrogen-bond donors (Lipinski definition) is 2. The van der Waals surface area contributed by atoms with Crippen molar-refractivity contribution in [3.8, 4) is 0 Å². The Morgan fingerprint density at radius 2 is 2.00 bits per heavy atom. The van der Waals surface area contributed by atoms with Crippen LogP contribution in [0, 0.1) is 0 Å². The first-order valence-electron chi connectivity index (χ1n) is 3.42. The summed E-state index contributed by atoms with van der Waals surface area (Å²) in [7, 11) is 1.94. The molecule has 0 heterocycles. The van der Waals surface area contributed by atoms with Crippen LogP contribution in [0.5, 0.6) is 0 Å². The van der Waals surface area contributed by atoms with Crippen molar-refractivity contribution in [2.45, 2.75) is 32.2 Å². The molecule has 56 valence electrons. The number of aliphatic hydroxyl groups is 1. The number of hydrogen-bond acceptors (Lipinski definition) is 2. The summed E-state index contributed by atoms with van der Waals surface area (Å²) in [4.78, 5) is 0. The molecule has 0 aromatic heterocycles. The molecule has 0 unspecified atom stereocenters. The molecule has 0 rings (SSSR count). The summed E-state index contributed by atoms with van der Waals surface area (Å²) in [6, 6.07) is 0. The van der Waals surface area contributed by atoms with Gasteiger partial charge in [0.05, 0.1) is 0 Å². The lowest BCUT2D eigenvalue weighted by Gasteiger charge is -2.22. The van der Waals surface area contributed by atoms with Crippen LogP contribution >= 0.6 is 0 Å². The van der Waals surface area contributed by atoms with Crippen LogP contribution in [0.3, 0.4) is 0 Å². The van der Waals surface area contributed by atoms with E-state index in [4.69, 9.17) is 5.11 Å². The summed E-state index contributed by atoms with van der Waals surface area (Å²) in [5, 5.41) is 11.7. The highest BCUT2D eigenvalue weighted by Crippen LogP contribution is 2.08. The van der Waals surface area contributed by atoms with Crippen molar-refractivity contribution in [2.75, 3.05) is 13.7 Å². The van der Waals surface area contributed by atoms with Crippen LogP contribution in [0.4, 0.5) is 0 Å². The Balaban J connectivity index is 3.33. The Morgan fingerprint density at radius 1 is 1.44 bits per heavy atom. The molecule has 2 heteroatoms. The Bertz CT molecular complexity index is 71.3. The van der Waals surface area contributed by atoms with E-state index in [1.165, 1.54) is 0 Å². The van der Waals surface area contributed by atoms with Gasteiger partial charge in [-0.3, -0.25) is 0 Å². The van der Waals surface area contributed by atoms with E-state index in [-0.39, 0.29) is 5.54 Å². The summed E-state index contributed by atoms with van der Waals surface area (Å²) in [6.45, 7) is 4.55. The molecule has 0 bridgehead atoms. The van der Waals surface area contributed by atoms with Gasteiger partial charge in [-0.2, -0.15) is 0 Å². The van der Waals surface area contributed by atoms with E-state index in [1.54, 1.807) is 0 Å². The van der Waals surface area contributed by atoms with E-state index in [0.29, 0.717) is 6.61 Å². The summed E-state index contributed by atoms with van der Waals surface area (Å²) >= 11 is 0. The van der Waals surface area contributed by atoms with Crippen LogP contribution in [0.1, 0.15) is 26.7 Å². The van der Waals surface area contributed by atoms with Gasteiger partial charge in [0.25, 0.3) is 0 Å². The van der Waals surface area contributed by atoms with Crippen LogP contribution in [-0.4, -0.2) is 24.3 Å². The van der Waals surface area contributed by atoms with E-state index in [2.05, 4.69) is 19.2 Å². The van der Waals surface area contributed by atoms with Gasteiger partial charge in [-0.15, -0.1) is 0 Å². The third-order valence-electron chi connectivity index (χ3n) is 1.64. The molecule has 0 aliphatic heterocycles. The SMILES string of the molecule is CNC(C)(C)CCCO. The van der Waals surface area contributed by atoms with Crippen LogP contribution in [-0.2, 0) is 0 Å². The lowest BCUT2D eigenvalue weighted by molar-refractivity contribution is 0.259. The van der Waals surface area contributed by atoms with Crippen LogP contribution < -0.4 is 5.32 Å². The molecule has 0 aliphatic carbocycles. The lowest BCUT2D eigenvalue weighted by atomic mass is 9.99. The number of aliphatic hydroxyl groups excluding tert-OH is 1. The number of nitrogens with one attached hydrogen (secondary N) is 1. The maximum absolute atomic E-state index is 8.50. The Labute approximate surface area is 57.3 Å². The fourth-order valence-corrected chi connectivity index (χ4v) is 0.646. The van der Waals surface area contributed by atoms with E-state index in [0.717, 1.165) is 12.8 Å². The lowest BCUT2D eigenvalue weighted by Crippen LogP contribution is -2.36. The van der Waals surface area contributed by atoms with Gasteiger partial charge in [0.2, 0.25) is 0 Å². The summed E-state index contributed by atoms with van der Waals surface area (Å²) in [5.41, 5.74) is 0.183. The highest BCUT2D eigenvalue weighted by Gasteiger charge is 2.12. The van der Waals surface area contributed by atoms with Crippen molar-refractivity contribution in [1.29, 1.82) is 0 Å². The average Bonchev–Trinajstić information content (AvgIpc) is 1.84. The van der Waals surface area contributed by atoms with Gasteiger partial charge in [0.15, 0.2) is 0 Å². The molecular weight excluding hydrogens is 114 g/mol. The smallest absolute Gasteiger partial charge is 0.0431 e. The van der Waals surface area contributed by atoms with Crippen molar-refractivity contribution in [2.24, 2.45) is 0 Å². The molecule has 0 aliphatic rings. The molecule has 0 spiro atoms. The van der Waals surface area contributed by atoms with E-state index in [9.17, 15) is 0 Å². The maximum atomic E-state index is 8.50. The first-order chi connectivity index (χ1) is 4.12. The molecule has 0 aromatic carbocycles. The van der Waals surface area contributed by atoms with Crippen LogP contribution in [0.25, 0.3) is 0 Å². The molecule has 0 amide bonds. The zero-order valence-corrected chi connectivity index (χ0v) is 6.57. The average molecular weight is 131 g/mol. The second-order valence-electron chi connectivity index (χ2n) is 2.96. The Kier molecular flexibility index (Phi) is 3.82. The quantitative estimate of drug-likeness (QED) is 0.590. The van der Waals surface area contributed by atoms with Gasteiger partial charge in [0, 0.05) is 12.1 Å². The van der Waals surface area contributed by atoms with E-state index in [1.807, 2.05) is 7.05 Å². The zero-order valence-electron chi connectivity index (χ0n) is 6.57. The normalized spacial score (nSPS) is 12.0. The third kappa shape index (κ3) is 4.43. The standard InChI is InChI=1S/C7H17NO/c1-7(2,8-3)5-4-6-9/h8-9H,4-6H2,1-3H3. The van der Waals surface area contributed by atoms with Gasteiger partial charge in [0.1, 0.15) is 0 Å². The summed E-state index contributed by atoms with van der Waals surface area (Å²) < 4.78 is 0. The minimum atomic E-state index is 0.183. The zero-order chi connectivity index (χ0) is 7.33. The third-order valence-corrected chi connectivity index (χ3v) is 1.64. The first kappa shape index (κ1) is 8.92. The van der Waals surface area contributed by atoms with Crippen molar-refractivity contribution in [3.63, 3.8) is 0 Å². The van der Waals surface area contributed by atoms with Gasteiger partial charge in [-0.25, -0.2) is 0 Å². The number of rotatable bonds is 4. The molecule has 0 atom stereocenters. The highest BCUT2D eigenvalue weighted by atomic mass is 16.2. The van der Waals surface area contributed by atoms with E-state index >= 15 is 0 Å². The molecule has 0 saturated carbocycles. The predicted molar refractivity (Wildman–Crippen MR) is 39.5 cm³/mol. The van der Waals surface area contributed by atoms with Crippen molar-refractivity contribution >= 4 is 0 Å². The van der Waals surface area contributed by atoms with Crippen molar-refractivity contribution in [3.05, 3.63) is 0 Å². The molecule has 2 nitrogen and oxygen atoms in total. The summed E-state index contributed by atoms with van der Waals surface area (Å²) in [6.07, 6.45) is 1.91. The van der Waals surface area contributed by atoms with Crippen LogP contribution in [0.15, 0.2) is 0 Å². The Morgan fingerprint density at radius 3 is 2.33 bits per heavy atom. The van der Waals surface area contributed by atoms with Crippen molar-refractivity contribution < 1.29 is 5.11 Å². The Hall–Kier alpha value is -0.0800. The fourth-order valence-electron chi connectivity index (χ4n) is 0.646. The highest BCUT2D eigenvalue weighted by molar-refractivity contribution is 4.74. The molecular formula is C7H17NO. The first-order valence-corrected chi connectivity index (χ1v) is 3.42. The molecule has 2 N–H and O–H groups in total. The second kappa shape index (κ2) is 3.85. The van der Waals surface area contributed by atoms with E-state index < -0.39 is 0 Å². The van der Waals surface area contributed by atoms with Gasteiger partial charge < -0.3 is 10.4 Å². The molecule has 0 aromatic rings. The minimum absolute atomic E-state index is 0.183. The monoisotopic (exact) mass is 131 g/mol. The van der Waals surface area contributed by atoms with Gasteiger partial charge in [-0.1, -0.05) is 0 Å². The van der Waals surface area contributed by atoms with Gasteiger partial charge in [-0.05, 0) is 33.7 Å². The van der Waals surface area contributed by atoms with Crippen molar-refractivity contribution in [1.82, 2.24) is 5.32 Å². The molecule has 0 fully saturated rings. The second-order valence-corrected chi connectivity index (χ2v) is 2.96. The fraction of sp³-hybridized carbons (Fsp3) is 1.00. The molecule has 0 saturated heterocycles. The summed E-state index contributed by atoms with van der Waals surface area (Å²) in [5.74, 6) is 0. The minimum Gasteiger partial charge on any atom is -0.396 e. The maximum Gasteiger partial charge on any atom is 0.0431 e. The van der Waals surface area contributed by atoms with Gasteiger partial charge >= 0.3 is 0 Å². The largest absolute Gasteiger partial charge is 0.396 e. The molecule has 9 heavy (non-hydrogen) atoms.